The van der Waals surface area contributed by atoms with Gasteiger partial charge in [0.05, 0.1) is 7.11 Å². The van der Waals surface area contributed by atoms with Crippen molar-refractivity contribution in [3.8, 4) is 0 Å². The van der Waals surface area contributed by atoms with E-state index in [1.807, 2.05) is 12.3 Å². The number of esters is 1. The Kier molecular flexibility index (Phi) is 4.36. The SMILES string of the molecule is COC(=O)CN(C)c1cc(SC)ncn1. The minimum absolute atomic E-state index is 0.182. The molecule has 0 bridgehead atoms. The van der Waals surface area contributed by atoms with Crippen molar-refractivity contribution in [1.82, 2.24) is 9.97 Å². The molecule has 0 atom stereocenters. The van der Waals surface area contributed by atoms with Crippen LogP contribution in [0.5, 0.6) is 0 Å². The van der Waals surface area contributed by atoms with Gasteiger partial charge in [0.2, 0.25) is 0 Å². The van der Waals surface area contributed by atoms with Crippen LogP contribution in [0.4, 0.5) is 5.82 Å². The van der Waals surface area contributed by atoms with Crippen LogP contribution < -0.4 is 4.90 Å². The minimum Gasteiger partial charge on any atom is -0.468 e. The fourth-order valence-electron chi connectivity index (χ4n) is 0.989. The highest BCUT2D eigenvalue weighted by Gasteiger charge is 2.08. The number of ether oxygens (including phenoxy) is 1. The van der Waals surface area contributed by atoms with Gasteiger partial charge < -0.3 is 9.64 Å². The van der Waals surface area contributed by atoms with Gasteiger partial charge in [-0.3, -0.25) is 4.79 Å². The molecule has 0 aliphatic rings. The summed E-state index contributed by atoms with van der Waals surface area (Å²) in [5, 5.41) is 0.872. The molecule has 0 N–H and O–H groups in total. The molecule has 1 heterocycles. The van der Waals surface area contributed by atoms with E-state index in [1.54, 1.807) is 11.9 Å². The highest BCUT2D eigenvalue weighted by atomic mass is 32.2. The number of carbonyl (C=O) groups is 1. The van der Waals surface area contributed by atoms with E-state index in [0.29, 0.717) is 5.82 Å². The van der Waals surface area contributed by atoms with Gasteiger partial charge in [-0.25, -0.2) is 9.97 Å². The smallest absolute Gasteiger partial charge is 0.325 e. The summed E-state index contributed by atoms with van der Waals surface area (Å²) >= 11 is 1.53. The van der Waals surface area contributed by atoms with Gasteiger partial charge in [-0.1, -0.05) is 0 Å². The lowest BCUT2D eigenvalue weighted by Gasteiger charge is -2.16. The number of hydrogen-bond acceptors (Lipinski definition) is 6. The molecule has 0 fully saturated rings. The van der Waals surface area contributed by atoms with Crippen LogP contribution in [0.25, 0.3) is 0 Å². The number of thioether (sulfide) groups is 1. The van der Waals surface area contributed by atoms with Crippen molar-refractivity contribution in [2.75, 3.05) is 31.9 Å². The van der Waals surface area contributed by atoms with Crippen LogP contribution in [0.2, 0.25) is 0 Å². The van der Waals surface area contributed by atoms with Crippen LogP contribution in [0.1, 0.15) is 0 Å². The average molecular weight is 227 g/mol. The molecule has 0 aliphatic heterocycles. The van der Waals surface area contributed by atoms with E-state index < -0.39 is 0 Å². The molecule has 0 amide bonds. The van der Waals surface area contributed by atoms with Gasteiger partial charge in [0.1, 0.15) is 23.7 Å². The first-order valence-electron chi connectivity index (χ1n) is 4.31. The minimum atomic E-state index is -0.290. The normalized spacial score (nSPS) is 9.80. The lowest BCUT2D eigenvalue weighted by Crippen LogP contribution is -2.27. The summed E-state index contributed by atoms with van der Waals surface area (Å²) in [7, 11) is 3.15. The first-order chi connectivity index (χ1) is 7.17. The van der Waals surface area contributed by atoms with E-state index in [9.17, 15) is 4.79 Å². The predicted octanol–water partition coefficient (Wildman–Crippen LogP) is 0.808. The van der Waals surface area contributed by atoms with Gasteiger partial charge in [-0.2, -0.15) is 0 Å². The van der Waals surface area contributed by atoms with E-state index >= 15 is 0 Å². The summed E-state index contributed by atoms with van der Waals surface area (Å²) in [4.78, 5) is 20.9. The van der Waals surface area contributed by atoms with Crippen LogP contribution in [0.3, 0.4) is 0 Å². The first-order valence-corrected chi connectivity index (χ1v) is 5.54. The molecule has 0 spiro atoms. The van der Waals surface area contributed by atoms with E-state index in [1.165, 1.54) is 25.2 Å². The molecule has 0 aliphatic carbocycles. The Labute approximate surface area is 92.9 Å². The number of carbonyl (C=O) groups excluding carboxylic acids is 1. The lowest BCUT2D eigenvalue weighted by atomic mass is 10.5. The van der Waals surface area contributed by atoms with Crippen molar-refractivity contribution in [1.29, 1.82) is 0 Å². The molecule has 5 nitrogen and oxygen atoms in total. The zero-order valence-corrected chi connectivity index (χ0v) is 9.74. The monoisotopic (exact) mass is 227 g/mol. The number of rotatable bonds is 4. The zero-order chi connectivity index (χ0) is 11.3. The second-order valence-electron chi connectivity index (χ2n) is 2.85. The highest BCUT2D eigenvalue weighted by molar-refractivity contribution is 7.98. The molecule has 0 saturated heterocycles. The van der Waals surface area contributed by atoms with Crippen molar-refractivity contribution in [3.05, 3.63) is 12.4 Å². The molecular weight excluding hydrogens is 214 g/mol. The fraction of sp³-hybridized carbons (Fsp3) is 0.444. The number of anilines is 1. The fourth-order valence-corrected chi connectivity index (χ4v) is 1.37. The summed E-state index contributed by atoms with van der Waals surface area (Å²) in [5.74, 6) is 0.418. The molecule has 1 rings (SSSR count). The lowest BCUT2D eigenvalue weighted by molar-refractivity contribution is -0.138. The summed E-state index contributed by atoms with van der Waals surface area (Å²) in [6.07, 6.45) is 3.42. The Morgan fingerprint density at radius 3 is 2.93 bits per heavy atom. The number of methoxy groups -OCH3 is 1. The van der Waals surface area contributed by atoms with Gasteiger partial charge in [0.25, 0.3) is 0 Å². The van der Waals surface area contributed by atoms with Crippen molar-refractivity contribution < 1.29 is 9.53 Å². The second-order valence-corrected chi connectivity index (χ2v) is 3.68. The maximum Gasteiger partial charge on any atom is 0.325 e. The molecule has 1 aromatic rings. The van der Waals surface area contributed by atoms with Gasteiger partial charge in [-0.15, -0.1) is 11.8 Å². The first kappa shape index (κ1) is 11.8. The standard InChI is InChI=1S/C9H13N3O2S/c1-12(5-9(13)14-2)7-4-8(15-3)11-6-10-7/h4,6H,5H2,1-3H3. The van der Waals surface area contributed by atoms with Gasteiger partial charge in [0.15, 0.2) is 0 Å². The van der Waals surface area contributed by atoms with E-state index in [-0.39, 0.29) is 12.5 Å². The predicted molar refractivity (Wildman–Crippen MR) is 59.1 cm³/mol. The van der Waals surface area contributed by atoms with Crippen molar-refractivity contribution >= 4 is 23.5 Å². The number of hydrogen-bond donors (Lipinski definition) is 0. The maximum atomic E-state index is 11.0. The van der Waals surface area contributed by atoms with Crippen molar-refractivity contribution in [3.63, 3.8) is 0 Å². The summed E-state index contributed by atoms with van der Waals surface area (Å²) in [5.41, 5.74) is 0. The largest absolute Gasteiger partial charge is 0.468 e. The summed E-state index contributed by atoms with van der Waals surface area (Å²) in [6, 6.07) is 1.83. The van der Waals surface area contributed by atoms with Crippen molar-refractivity contribution in [2.45, 2.75) is 5.03 Å². The maximum absolute atomic E-state index is 11.0. The topological polar surface area (TPSA) is 55.3 Å². The molecule has 1 aromatic heterocycles. The highest BCUT2D eigenvalue weighted by Crippen LogP contribution is 2.15. The molecule has 82 valence electrons. The Hall–Kier alpha value is -1.30. The van der Waals surface area contributed by atoms with Crippen LogP contribution >= 0.6 is 11.8 Å². The summed E-state index contributed by atoms with van der Waals surface area (Å²) < 4.78 is 4.57. The van der Waals surface area contributed by atoms with E-state index in [4.69, 9.17) is 0 Å². The van der Waals surface area contributed by atoms with Crippen LogP contribution in [0.15, 0.2) is 17.4 Å². The third-order valence-corrected chi connectivity index (χ3v) is 2.46. The van der Waals surface area contributed by atoms with Gasteiger partial charge in [-0.05, 0) is 6.26 Å². The average Bonchev–Trinajstić information content (AvgIpc) is 2.28. The van der Waals surface area contributed by atoms with Crippen LogP contribution in [-0.4, -0.2) is 42.9 Å². The van der Waals surface area contributed by atoms with Crippen LogP contribution in [0, 0.1) is 0 Å². The number of likely N-dealkylation sites (N-methyl/N-ethyl adjacent to an activating group) is 1. The Bertz CT molecular complexity index is 346. The van der Waals surface area contributed by atoms with Crippen LogP contribution in [-0.2, 0) is 9.53 Å². The van der Waals surface area contributed by atoms with E-state index in [2.05, 4.69) is 14.7 Å². The molecule has 6 heteroatoms. The molecule has 0 unspecified atom stereocenters. The number of aromatic nitrogens is 2. The molecule has 0 radical (unpaired) electrons. The number of nitrogens with zero attached hydrogens (tertiary/aromatic N) is 3. The third-order valence-electron chi connectivity index (χ3n) is 1.82. The Morgan fingerprint density at radius 2 is 2.33 bits per heavy atom. The van der Waals surface area contributed by atoms with E-state index in [0.717, 1.165) is 5.03 Å². The third kappa shape index (κ3) is 3.39. The van der Waals surface area contributed by atoms with Gasteiger partial charge in [0, 0.05) is 13.1 Å². The molecule has 0 aromatic carbocycles. The second kappa shape index (κ2) is 5.55. The Balaban J connectivity index is 2.72. The summed E-state index contributed by atoms with van der Waals surface area (Å²) in [6.45, 7) is 0.182. The quantitative estimate of drug-likeness (QED) is 0.431. The van der Waals surface area contributed by atoms with Gasteiger partial charge >= 0.3 is 5.97 Å². The van der Waals surface area contributed by atoms with Crippen molar-refractivity contribution in [2.24, 2.45) is 0 Å². The Morgan fingerprint density at radius 1 is 1.60 bits per heavy atom. The molecule has 15 heavy (non-hydrogen) atoms. The molecular formula is C9H13N3O2S. The molecule has 0 saturated carbocycles. The zero-order valence-electron chi connectivity index (χ0n) is 8.93.